The van der Waals surface area contributed by atoms with Gasteiger partial charge in [0.25, 0.3) is 0 Å². The van der Waals surface area contributed by atoms with Crippen LogP contribution in [-0.4, -0.2) is 34.7 Å². The van der Waals surface area contributed by atoms with Crippen molar-refractivity contribution in [1.82, 2.24) is 9.36 Å². The molecule has 0 spiro atoms. The second kappa shape index (κ2) is 4.06. The van der Waals surface area contributed by atoms with Gasteiger partial charge >= 0.3 is 0 Å². The molecule has 1 aromatic heterocycles. The Bertz CT molecular complexity index is 341. The van der Waals surface area contributed by atoms with Crippen molar-refractivity contribution < 1.29 is 4.74 Å². The molecule has 0 aliphatic carbocycles. The van der Waals surface area contributed by atoms with E-state index in [1.54, 1.807) is 0 Å². The molecule has 84 valence electrons. The Hall–Kier alpha value is -0.680. The number of morpholine rings is 1. The van der Waals surface area contributed by atoms with E-state index in [-0.39, 0.29) is 5.60 Å². The lowest BCUT2D eigenvalue weighted by atomic mass is 10.0. The Morgan fingerprint density at radius 3 is 3.00 bits per heavy atom. The molecule has 1 fully saturated rings. The number of nitrogens with zero attached hydrogens (tertiary/aromatic N) is 3. The lowest BCUT2D eigenvalue weighted by Gasteiger charge is -2.39. The first-order valence-corrected chi connectivity index (χ1v) is 6.09. The number of aryl methyl sites for hydroxylation is 1. The van der Waals surface area contributed by atoms with Gasteiger partial charge < -0.3 is 9.64 Å². The molecule has 2 rings (SSSR count). The molecule has 1 aliphatic rings. The summed E-state index contributed by atoms with van der Waals surface area (Å²) in [7, 11) is 0. The predicted molar refractivity (Wildman–Crippen MR) is 61.5 cm³/mol. The summed E-state index contributed by atoms with van der Waals surface area (Å²) < 4.78 is 10.0. The highest BCUT2D eigenvalue weighted by Gasteiger charge is 2.31. The standard InChI is InChI=1S/C10H17N3OS/c1-4-10(3)7-13(5-6-14-10)9-11-8(2)12-15-9/h4-7H2,1-3H3. The van der Waals surface area contributed by atoms with E-state index < -0.39 is 0 Å². The molecule has 1 aromatic rings. The van der Waals surface area contributed by atoms with Gasteiger partial charge in [0.15, 0.2) is 0 Å². The lowest BCUT2D eigenvalue weighted by molar-refractivity contribution is -0.0441. The molecule has 1 aliphatic heterocycles. The maximum absolute atomic E-state index is 5.79. The topological polar surface area (TPSA) is 38.2 Å². The van der Waals surface area contributed by atoms with E-state index in [0.29, 0.717) is 0 Å². The summed E-state index contributed by atoms with van der Waals surface area (Å²) in [6.07, 6.45) is 1.03. The Morgan fingerprint density at radius 2 is 2.40 bits per heavy atom. The second-order valence-corrected chi connectivity index (χ2v) is 4.93. The first-order chi connectivity index (χ1) is 7.13. The van der Waals surface area contributed by atoms with Crippen LogP contribution < -0.4 is 4.90 Å². The van der Waals surface area contributed by atoms with Crippen molar-refractivity contribution in [2.24, 2.45) is 0 Å². The SMILES string of the molecule is CCC1(C)CN(c2nc(C)ns2)CCO1. The minimum atomic E-state index is -0.0299. The molecule has 1 saturated heterocycles. The van der Waals surface area contributed by atoms with Crippen LogP contribution in [-0.2, 0) is 4.74 Å². The number of anilines is 1. The van der Waals surface area contributed by atoms with Crippen LogP contribution in [0, 0.1) is 6.92 Å². The fourth-order valence-corrected chi connectivity index (χ4v) is 2.42. The average Bonchev–Trinajstić information content (AvgIpc) is 2.65. The molecule has 0 N–H and O–H groups in total. The quantitative estimate of drug-likeness (QED) is 0.773. The minimum Gasteiger partial charge on any atom is -0.372 e. The Morgan fingerprint density at radius 1 is 1.60 bits per heavy atom. The molecule has 0 radical (unpaired) electrons. The molecular formula is C10H17N3OS. The van der Waals surface area contributed by atoms with Crippen molar-refractivity contribution in [3.05, 3.63) is 5.82 Å². The highest BCUT2D eigenvalue weighted by atomic mass is 32.1. The average molecular weight is 227 g/mol. The van der Waals surface area contributed by atoms with Gasteiger partial charge in [0.2, 0.25) is 5.13 Å². The van der Waals surface area contributed by atoms with Crippen LogP contribution in [0.1, 0.15) is 26.1 Å². The summed E-state index contributed by atoms with van der Waals surface area (Å²) in [6, 6.07) is 0. The van der Waals surface area contributed by atoms with Crippen LogP contribution in [0.2, 0.25) is 0 Å². The molecule has 15 heavy (non-hydrogen) atoms. The normalized spacial score (nSPS) is 27.0. The number of rotatable bonds is 2. The van der Waals surface area contributed by atoms with E-state index in [4.69, 9.17) is 4.74 Å². The molecule has 1 unspecified atom stereocenters. The van der Waals surface area contributed by atoms with Crippen molar-refractivity contribution in [1.29, 1.82) is 0 Å². The van der Waals surface area contributed by atoms with Gasteiger partial charge in [-0.15, -0.1) is 0 Å². The Labute approximate surface area is 94.4 Å². The van der Waals surface area contributed by atoms with Crippen LogP contribution >= 0.6 is 11.5 Å². The highest BCUT2D eigenvalue weighted by molar-refractivity contribution is 7.09. The van der Waals surface area contributed by atoms with E-state index in [9.17, 15) is 0 Å². The summed E-state index contributed by atoms with van der Waals surface area (Å²) >= 11 is 1.48. The number of ether oxygens (including phenoxy) is 1. The smallest absolute Gasteiger partial charge is 0.205 e. The summed E-state index contributed by atoms with van der Waals surface area (Å²) in [5.41, 5.74) is -0.0299. The van der Waals surface area contributed by atoms with Gasteiger partial charge in [-0.2, -0.15) is 4.37 Å². The highest BCUT2D eigenvalue weighted by Crippen LogP contribution is 2.26. The van der Waals surface area contributed by atoms with Crippen LogP contribution in [0.5, 0.6) is 0 Å². The van der Waals surface area contributed by atoms with Gasteiger partial charge in [-0.1, -0.05) is 6.92 Å². The van der Waals surface area contributed by atoms with Crippen molar-refractivity contribution >= 4 is 16.7 Å². The van der Waals surface area contributed by atoms with E-state index >= 15 is 0 Å². The van der Waals surface area contributed by atoms with Crippen molar-refractivity contribution in [3.63, 3.8) is 0 Å². The first kappa shape index (κ1) is 10.8. The van der Waals surface area contributed by atoms with Gasteiger partial charge in [0.1, 0.15) is 5.82 Å². The number of hydrogen-bond donors (Lipinski definition) is 0. The van der Waals surface area contributed by atoms with E-state index in [1.165, 1.54) is 11.5 Å². The maximum Gasteiger partial charge on any atom is 0.205 e. The summed E-state index contributed by atoms with van der Waals surface area (Å²) in [4.78, 5) is 6.69. The van der Waals surface area contributed by atoms with Gasteiger partial charge in [-0.05, 0) is 20.3 Å². The van der Waals surface area contributed by atoms with Gasteiger partial charge in [0, 0.05) is 24.6 Å². The molecule has 0 saturated carbocycles. The Balaban J connectivity index is 2.11. The molecule has 0 aromatic carbocycles. The minimum absolute atomic E-state index is 0.0299. The van der Waals surface area contributed by atoms with Crippen LogP contribution in [0.4, 0.5) is 5.13 Å². The third kappa shape index (κ3) is 2.29. The first-order valence-electron chi connectivity index (χ1n) is 5.32. The van der Waals surface area contributed by atoms with Crippen LogP contribution in [0.3, 0.4) is 0 Å². The van der Waals surface area contributed by atoms with Gasteiger partial charge in [0.05, 0.1) is 12.2 Å². The van der Waals surface area contributed by atoms with Crippen molar-refractivity contribution in [3.8, 4) is 0 Å². The van der Waals surface area contributed by atoms with E-state index in [1.807, 2.05) is 6.92 Å². The number of aromatic nitrogens is 2. The largest absolute Gasteiger partial charge is 0.372 e. The fraction of sp³-hybridized carbons (Fsp3) is 0.800. The van der Waals surface area contributed by atoms with Gasteiger partial charge in [-0.25, -0.2) is 4.98 Å². The lowest BCUT2D eigenvalue weighted by Crippen LogP contribution is -2.49. The van der Waals surface area contributed by atoms with Crippen LogP contribution in [0.15, 0.2) is 0 Å². The van der Waals surface area contributed by atoms with Gasteiger partial charge in [-0.3, -0.25) is 0 Å². The zero-order valence-corrected chi connectivity index (χ0v) is 10.3. The van der Waals surface area contributed by atoms with Crippen LogP contribution in [0.25, 0.3) is 0 Å². The molecule has 1 atom stereocenters. The predicted octanol–water partition coefficient (Wildman–Crippen LogP) is 1.85. The monoisotopic (exact) mass is 227 g/mol. The third-order valence-electron chi connectivity index (χ3n) is 2.87. The van der Waals surface area contributed by atoms with Crippen molar-refractivity contribution in [2.45, 2.75) is 32.8 Å². The molecular weight excluding hydrogens is 210 g/mol. The second-order valence-electron chi connectivity index (χ2n) is 4.20. The molecule has 4 nitrogen and oxygen atoms in total. The number of hydrogen-bond acceptors (Lipinski definition) is 5. The summed E-state index contributed by atoms with van der Waals surface area (Å²) in [6.45, 7) is 8.87. The molecule has 5 heteroatoms. The summed E-state index contributed by atoms with van der Waals surface area (Å²) in [5.74, 6) is 0.861. The van der Waals surface area contributed by atoms with E-state index in [0.717, 1.165) is 37.1 Å². The summed E-state index contributed by atoms with van der Waals surface area (Å²) in [5, 5.41) is 1.02. The maximum atomic E-state index is 5.79. The zero-order chi connectivity index (χ0) is 10.9. The molecule has 0 bridgehead atoms. The third-order valence-corrected chi connectivity index (χ3v) is 3.74. The zero-order valence-electron chi connectivity index (χ0n) is 9.49. The fourth-order valence-electron chi connectivity index (χ4n) is 1.72. The Kier molecular flexibility index (Phi) is 2.93. The van der Waals surface area contributed by atoms with E-state index in [2.05, 4.69) is 28.1 Å². The van der Waals surface area contributed by atoms with Crippen molar-refractivity contribution in [2.75, 3.05) is 24.6 Å². The molecule has 0 amide bonds. The molecule has 2 heterocycles.